The summed E-state index contributed by atoms with van der Waals surface area (Å²) in [6.07, 6.45) is 0. The van der Waals surface area contributed by atoms with Crippen LogP contribution in [0.4, 0.5) is 5.69 Å². The highest BCUT2D eigenvalue weighted by atomic mass is 32.2. The third-order valence-corrected chi connectivity index (χ3v) is 5.45. The highest BCUT2D eigenvalue weighted by Crippen LogP contribution is 2.35. The number of rotatable bonds is 7. The molecule has 0 fully saturated rings. The van der Waals surface area contributed by atoms with E-state index in [9.17, 15) is 9.59 Å². The fraction of sp³-hybridized carbons (Fsp3) is 0.130. The van der Waals surface area contributed by atoms with E-state index in [0.29, 0.717) is 17.0 Å². The average molecular weight is 375 g/mol. The van der Waals surface area contributed by atoms with Gasteiger partial charge in [0.05, 0.1) is 11.0 Å². The summed E-state index contributed by atoms with van der Waals surface area (Å²) in [4.78, 5) is 23.9. The Morgan fingerprint density at radius 1 is 0.852 bits per heavy atom. The summed E-state index contributed by atoms with van der Waals surface area (Å²) in [6, 6.07) is 27.4. The van der Waals surface area contributed by atoms with E-state index in [1.54, 1.807) is 36.0 Å². The molecule has 0 aliphatic heterocycles. The lowest BCUT2D eigenvalue weighted by atomic mass is 10.0. The van der Waals surface area contributed by atoms with Gasteiger partial charge in [0.15, 0.2) is 5.78 Å². The molecule has 3 aromatic rings. The largest absolute Gasteiger partial charge is 0.325 e. The molecule has 3 rings (SSSR count). The van der Waals surface area contributed by atoms with E-state index in [1.165, 1.54) is 18.1 Å². The highest BCUT2D eigenvalue weighted by Gasteiger charge is 2.16. The Morgan fingerprint density at radius 3 is 2.00 bits per heavy atom. The van der Waals surface area contributed by atoms with Gasteiger partial charge in [0.25, 0.3) is 0 Å². The van der Waals surface area contributed by atoms with Crippen molar-refractivity contribution in [3.63, 3.8) is 0 Å². The van der Waals surface area contributed by atoms with E-state index in [2.05, 4.69) is 29.6 Å². The van der Waals surface area contributed by atoms with Gasteiger partial charge in [-0.2, -0.15) is 0 Å². The van der Waals surface area contributed by atoms with Crippen LogP contribution in [0.5, 0.6) is 0 Å². The number of ketones is 1. The van der Waals surface area contributed by atoms with Gasteiger partial charge in [-0.25, -0.2) is 0 Å². The van der Waals surface area contributed by atoms with Crippen molar-refractivity contribution in [2.75, 3.05) is 11.1 Å². The number of nitrogens with one attached hydrogen (secondary N) is 1. The van der Waals surface area contributed by atoms with Crippen LogP contribution in [0, 0.1) is 0 Å². The maximum absolute atomic E-state index is 12.4. The smallest absolute Gasteiger partial charge is 0.234 e. The summed E-state index contributed by atoms with van der Waals surface area (Å²) >= 11 is 1.59. The Kier molecular flexibility index (Phi) is 6.44. The number of amides is 1. The molecule has 1 N–H and O–H groups in total. The topological polar surface area (TPSA) is 46.2 Å². The molecule has 0 unspecified atom stereocenters. The molecule has 0 aliphatic rings. The zero-order valence-corrected chi connectivity index (χ0v) is 15.9. The monoisotopic (exact) mass is 375 g/mol. The first kappa shape index (κ1) is 18.9. The van der Waals surface area contributed by atoms with E-state index in [-0.39, 0.29) is 16.9 Å². The minimum Gasteiger partial charge on any atom is -0.325 e. The zero-order chi connectivity index (χ0) is 19.1. The van der Waals surface area contributed by atoms with Gasteiger partial charge in [-0.15, -0.1) is 11.8 Å². The van der Waals surface area contributed by atoms with E-state index in [1.807, 2.05) is 36.4 Å². The molecule has 0 saturated carbocycles. The second-order valence-electron chi connectivity index (χ2n) is 6.20. The molecular weight excluding hydrogens is 354 g/mol. The van der Waals surface area contributed by atoms with E-state index in [0.717, 1.165) is 0 Å². The average Bonchev–Trinajstić information content (AvgIpc) is 2.70. The van der Waals surface area contributed by atoms with Crippen molar-refractivity contribution in [2.45, 2.75) is 12.2 Å². The second-order valence-corrected chi connectivity index (χ2v) is 7.29. The Balaban J connectivity index is 1.69. The van der Waals surface area contributed by atoms with Crippen LogP contribution < -0.4 is 5.32 Å². The molecule has 3 aromatic carbocycles. The van der Waals surface area contributed by atoms with Crippen LogP contribution in [0.2, 0.25) is 0 Å². The minimum absolute atomic E-state index is 0.0197. The van der Waals surface area contributed by atoms with Crippen LogP contribution in [0.15, 0.2) is 84.9 Å². The predicted molar refractivity (Wildman–Crippen MR) is 112 cm³/mol. The summed E-state index contributed by atoms with van der Waals surface area (Å²) in [6.45, 7) is 1.51. The molecule has 1 amide bonds. The fourth-order valence-electron chi connectivity index (χ4n) is 2.81. The molecule has 0 heterocycles. The molecule has 0 radical (unpaired) electrons. The van der Waals surface area contributed by atoms with Crippen molar-refractivity contribution in [3.05, 3.63) is 102 Å². The number of thioether (sulfide) groups is 1. The quantitative estimate of drug-likeness (QED) is 0.566. The first-order valence-electron chi connectivity index (χ1n) is 8.76. The normalized spacial score (nSPS) is 10.6. The number of hydrogen-bond acceptors (Lipinski definition) is 3. The molecule has 0 atom stereocenters. The van der Waals surface area contributed by atoms with Gasteiger partial charge in [-0.3, -0.25) is 9.59 Å². The van der Waals surface area contributed by atoms with Crippen molar-refractivity contribution in [1.29, 1.82) is 0 Å². The van der Waals surface area contributed by atoms with Crippen molar-refractivity contribution >= 4 is 29.1 Å². The SMILES string of the molecule is CC(=O)c1cccc(NC(=O)CSC(c2ccccc2)c2ccccc2)c1. The second kappa shape index (κ2) is 9.19. The van der Waals surface area contributed by atoms with E-state index < -0.39 is 0 Å². The molecule has 0 bridgehead atoms. The van der Waals surface area contributed by atoms with Crippen molar-refractivity contribution in [2.24, 2.45) is 0 Å². The maximum Gasteiger partial charge on any atom is 0.234 e. The van der Waals surface area contributed by atoms with Crippen LogP contribution >= 0.6 is 11.8 Å². The number of hydrogen-bond donors (Lipinski definition) is 1. The van der Waals surface area contributed by atoms with Gasteiger partial charge in [0, 0.05) is 11.3 Å². The summed E-state index contributed by atoms with van der Waals surface area (Å²) in [5.41, 5.74) is 3.57. The van der Waals surface area contributed by atoms with Crippen LogP contribution in [0.1, 0.15) is 33.7 Å². The van der Waals surface area contributed by atoms with Crippen LogP contribution in [0.3, 0.4) is 0 Å². The fourth-order valence-corrected chi connectivity index (χ4v) is 3.90. The van der Waals surface area contributed by atoms with E-state index in [4.69, 9.17) is 0 Å². The van der Waals surface area contributed by atoms with Crippen molar-refractivity contribution in [3.8, 4) is 0 Å². The summed E-state index contributed by atoms with van der Waals surface area (Å²) in [7, 11) is 0. The number of carbonyl (C=O) groups is 2. The summed E-state index contributed by atoms with van der Waals surface area (Å²) < 4.78 is 0. The first-order chi connectivity index (χ1) is 13.1. The van der Waals surface area contributed by atoms with Crippen LogP contribution in [0.25, 0.3) is 0 Å². The third kappa shape index (κ3) is 5.31. The zero-order valence-electron chi connectivity index (χ0n) is 15.1. The standard InChI is InChI=1S/C23H21NO2S/c1-17(25)20-13-8-14-21(15-20)24-22(26)16-27-23(18-9-4-2-5-10-18)19-11-6-3-7-12-19/h2-15,23H,16H2,1H3,(H,24,26). The maximum atomic E-state index is 12.4. The lowest BCUT2D eigenvalue weighted by Crippen LogP contribution is -2.15. The first-order valence-corrected chi connectivity index (χ1v) is 9.81. The molecule has 4 heteroatoms. The molecule has 0 aromatic heterocycles. The van der Waals surface area contributed by atoms with Crippen molar-refractivity contribution in [1.82, 2.24) is 0 Å². The Bertz CT molecular complexity index is 870. The molecule has 0 spiro atoms. The van der Waals surface area contributed by atoms with Gasteiger partial charge >= 0.3 is 0 Å². The lowest BCUT2D eigenvalue weighted by Gasteiger charge is -2.17. The van der Waals surface area contributed by atoms with Gasteiger partial charge < -0.3 is 5.32 Å². The summed E-state index contributed by atoms with van der Waals surface area (Å²) in [5.74, 6) is 0.213. The molecule has 136 valence electrons. The third-order valence-electron chi connectivity index (χ3n) is 4.14. The van der Waals surface area contributed by atoms with Crippen LogP contribution in [-0.4, -0.2) is 17.4 Å². The Morgan fingerprint density at radius 2 is 1.44 bits per heavy atom. The number of carbonyl (C=O) groups excluding carboxylic acids is 2. The molecule has 0 saturated heterocycles. The number of Topliss-reactive ketones (excluding diaryl/α,β-unsaturated/α-hetero) is 1. The molecule has 0 aliphatic carbocycles. The Labute approximate surface area is 163 Å². The number of benzene rings is 3. The highest BCUT2D eigenvalue weighted by molar-refractivity contribution is 8.00. The molecule has 27 heavy (non-hydrogen) atoms. The Hall–Kier alpha value is -2.85. The number of anilines is 1. The van der Waals surface area contributed by atoms with Gasteiger partial charge in [-0.1, -0.05) is 72.8 Å². The van der Waals surface area contributed by atoms with Gasteiger partial charge in [0.1, 0.15) is 0 Å². The van der Waals surface area contributed by atoms with E-state index >= 15 is 0 Å². The summed E-state index contributed by atoms with van der Waals surface area (Å²) in [5, 5.41) is 2.97. The minimum atomic E-state index is -0.0856. The van der Waals surface area contributed by atoms with Gasteiger partial charge in [-0.05, 0) is 30.2 Å². The molecule has 3 nitrogen and oxygen atoms in total. The predicted octanol–water partition coefficient (Wildman–Crippen LogP) is 5.35. The van der Waals surface area contributed by atoms with Crippen LogP contribution in [-0.2, 0) is 4.79 Å². The lowest BCUT2D eigenvalue weighted by molar-refractivity contribution is -0.113. The molecular formula is C23H21NO2S. The van der Waals surface area contributed by atoms with Crippen molar-refractivity contribution < 1.29 is 9.59 Å². The van der Waals surface area contributed by atoms with Gasteiger partial charge in [0.2, 0.25) is 5.91 Å².